The summed E-state index contributed by atoms with van der Waals surface area (Å²) in [7, 11) is -7.27. The first-order valence-electron chi connectivity index (χ1n) is 9.79. The van der Waals surface area contributed by atoms with Crippen molar-refractivity contribution in [1.29, 1.82) is 0 Å². The number of ketones is 1. The number of Topliss-reactive ketones (excluding diaryl/α,β-unsaturated/α-hetero) is 1. The Hall–Kier alpha value is -2.35. The van der Waals surface area contributed by atoms with Gasteiger partial charge in [0.15, 0.2) is 20.8 Å². The lowest BCUT2D eigenvalue weighted by Crippen LogP contribution is -2.23. The van der Waals surface area contributed by atoms with E-state index in [0.29, 0.717) is 22.6 Å². The van der Waals surface area contributed by atoms with Crippen molar-refractivity contribution in [1.82, 2.24) is 9.71 Å². The van der Waals surface area contributed by atoms with Crippen molar-refractivity contribution >= 4 is 53.8 Å². The second kappa shape index (κ2) is 9.65. The number of hydrogen-bond acceptors (Lipinski definition) is 8. The summed E-state index contributed by atoms with van der Waals surface area (Å²) in [4.78, 5) is 29.4. The highest BCUT2D eigenvalue weighted by molar-refractivity contribution is 7.93. The first kappa shape index (κ1) is 24.3. The number of amides is 2. The topological polar surface area (TPSA) is 151 Å². The zero-order valence-electron chi connectivity index (χ0n) is 17.5. The van der Waals surface area contributed by atoms with E-state index in [1.807, 2.05) is 0 Å². The summed E-state index contributed by atoms with van der Waals surface area (Å²) in [5.41, 5.74) is 0.749. The Morgan fingerprint density at radius 2 is 1.72 bits per heavy atom. The van der Waals surface area contributed by atoms with Crippen molar-refractivity contribution in [2.24, 2.45) is 5.92 Å². The van der Waals surface area contributed by atoms with Gasteiger partial charge in [0.05, 0.1) is 24.2 Å². The highest BCUT2D eigenvalue weighted by Gasteiger charge is 2.26. The maximum absolute atomic E-state index is 12.8. The minimum absolute atomic E-state index is 0.0128. The van der Waals surface area contributed by atoms with Crippen LogP contribution in [0.3, 0.4) is 0 Å². The third-order valence-corrected chi connectivity index (χ3v) is 8.43. The van der Waals surface area contributed by atoms with Gasteiger partial charge in [-0.1, -0.05) is 36.3 Å². The van der Waals surface area contributed by atoms with Gasteiger partial charge < -0.3 is 5.32 Å². The molecule has 1 aliphatic carbocycles. The number of sulfone groups is 1. The fourth-order valence-corrected chi connectivity index (χ4v) is 5.96. The Balaban J connectivity index is 1.77. The first-order chi connectivity index (χ1) is 14.9. The zero-order valence-corrected chi connectivity index (χ0v) is 20.0. The number of carbonyl (C=O) groups is 2. The van der Waals surface area contributed by atoms with Crippen LogP contribution in [-0.2, 0) is 26.4 Å². The average Bonchev–Trinajstić information content (AvgIpc) is 3.35. The Morgan fingerprint density at radius 1 is 1.06 bits per heavy atom. The predicted molar refractivity (Wildman–Crippen MR) is 122 cm³/mol. The molecule has 0 unspecified atom stereocenters. The maximum atomic E-state index is 12.8. The predicted octanol–water partition coefficient (Wildman–Crippen LogP) is 2.61. The summed E-state index contributed by atoms with van der Waals surface area (Å²) in [6, 6.07) is 6.00. The van der Waals surface area contributed by atoms with Gasteiger partial charge in [0.25, 0.3) is 0 Å². The van der Waals surface area contributed by atoms with Crippen LogP contribution < -0.4 is 15.4 Å². The molecule has 3 rings (SSSR count). The molecule has 13 heteroatoms. The Labute approximate surface area is 190 Å². The number of para-hydroxylation sites is 1. The minimum atomic E-state index is -3.70. The standard InChI is InChI=1S/C19H24N4O6S3/c1-31(26,27)17-15(11-20-32(2,28)29)22-19(30-17)23-18(25)21-14-10-6-5-9-13(14)16(24)12-7-3-4-8-12/h5-6,9-10,12,20H,3-4,7-8,11H2,1-2H3,(H2,21,22,23,25). The van der Waals surface area contributed by atoms with Crippen LogP contribution in [0.25, 0.3) is 0 Å². The number of thiazole rings is 1. The van der Waals surface area contributed by atoms with Gasteiger partial charge in [-0.25, -0.2) is 31.3 Å². The smallest absolute Gasteiger partial charge is 0.307 e. The fourth-order valence-electron chi connectivity index (χ4n) is 3.46. The number of nitrogens with zero attached hydrogens (tertiary/aromatic N) is 1. The van der Waals surface area contributed by atoms with E-state index in [9.17, 15) is 26.4 Å². The van der Waals surface area contributed by atoms with Gasteiger partial charge in [0.2, 0.25) is 10.0 Å². The molecule has 0 saturated heterocycles. The lowest BCUT2D eigenvalue weighted by Gasteiger charge is -2.13. The average molecular weight is 501 g/mol. The highest BCUT2D eigenvalue weighted by Crippen LogP contribution is 2.31. The number of aromatic nitrogens is 1. The summed E-state index contributed by atoms with van der Waals surface area (Å²) >= 11 is 0.714. The molecule has 0 atom stereocenters. The van der Waals surface area contributed by atoms with Crippen LogP contribution in [0.5, 0.6) is 0 Å². The molecule has 0 bridgehead atoms. The molecule has 2 aromatic rings. The number of sulfonamides is 1. The fraction of sp³-hybridized carbons (Fsp3) is 0.421. The lowest BCUT2D eigenvalue weighted by atomic mass is 9.95. The molecule has 0 aliphatic heterocycles. The third kappa shape index (κ3) is 6.34. The van der Waals surface area contributed by atoms with Crippen LogP contribution >= 0.6 is 11.3 Å². The van der Waals surface area contributed by atoms with Gasteiger partial charge in [-0.2, -0.15) is 0 Å². The van der Waals surface area contributed by atoms with Crippen molar-refractivity contribution in [3.8, 4) is 0 Å². The number of hydrogen-bond donors (Lipinski definition) is 3. The Kier molecular flexibility index (Phi) is 7.32. The number of carbonyl (C=O) groups excluding carboxylic acids is 2. The van der Waals surface area contributed by atoms with Gasteiger partial charge in [0, 0.05) is 17.7 Å². The maximum Gasteiger partial charge on any atom is 0.325 e. The minimum Gasteiger partial charge on any atom is -0.307 e. The van der Waals surface area contributed by atoms with E-state index < -0.39 is 25.9 Å². The van der Waals surface area contributed by atoms with Crippen LogP contribution in [0.15, 0.2) is 28.5 Å². The molecule has 1 aliphatic rings. The van der Waals surface area contributed by atoms with Crippen molar-refractivity contribution < 1.29 is 26.4 Å². The second-order valence-electron chi connectivity index (χ2n) is 7.59. The molecule has 1 fully saturated rings. The van der Waals surface area contributed by atoms with Crippen LogP contribution in [0.2, 0.25) is 0 Å². The molecule has 10 nitrogen and oxygen atoms in total. The molecular formula is C19H24N4O6S3. The quantitative estimate of drug-likeness (QED) is 0.471. The number of anilines is 2. The van der Waals surface area contributed by atoms with Gasteiger partial charge in [-0.3, -0.25) is 10.1 Å². The molecule has 1 saturated carbocycles. The summed E-state index contributed by atoms with van der Waals surface area (Å²) in [6.45, 7) is -0.334. The van der Waals surface area contributed by atoms with Crippen molar-refractivity contribution in [2.45, 2.75) is 36.4 Å². The van der Waals surface area contributed by atoms with E-state index in [1.54, 1.807) is 24.3 Å². The molecule has 0 spiro atoms. The van der Waals surface area contributed by atoms with Crippen LogP contribution in [0.1, 0.15) is 41.7 Å². The van der Waals surface area contributed by atoms with E-state index >= 15 is 0 Å². The molecule has 1 aromatic carbocycles. The number of urea groups is 1. The molecule has 1 heterocycles. The van der Waals surface area contributed by atoms with Crippen molar-refractivity contribution in [3.63, 3.8) is 0 Å². The summed E-state index contributed by atoms with van der Waals surface area (Å²) in [5, 5.41) is 5.06. The van der Waals surface area contributed by atoms with Gasteiger partial charge in [-0.15, -0.1) is 0 Å². The largest absolute Gasteiger partial charge is 0.325 e. The SMILES string of the molecule is CS(=O)(=O)NCc1nc(NC(=O)Nc2ccccc2C(=O)C2CCCC2)sc1S(C)(=O)=O. The Bertz CT molecular complexity index is 1230. The summed E-state index contributed by atoms with van der Waals surface area (Å²) < 4.78 is 48.8. The molecular weight excluding hydrogens is 476 g/mol. The van der Waals surface area contributed by atoms with E-state index in [0.717, 1.165) is 38.2 Å². The van der Waals surface area contributed by atoms with Gasteiger partial charge in [0.1, 0.15) is 4.21 Å². The van der Waals surface area contributed by atoms with Gasteiger partial charge >= 0.3 is 6.03 Å². The first-order valence-corrected chi connectivity index (χ1v) is 14.4. The molecule has 3 N–H and O–H groups in total. The normalized spacial score (nSPS) is 14.9. The van der Waals surface area contributed by atoms with E-state index in [2.05, 4.69) is 20.3 Å². The van der Waals surface area contributed by atoms with Crippen molar-refractivity contribution in [2.75, 3.05) is 23.1 Å². The van der Waals surface area contributed by atoms with E-state index in [4.69, 9.17) is 0 Å². The van der Waals surface area contributed by atoms with Crippen molar-refractivity contribution in [3.05, 3.63) is 35.5 Å². The Morgan fingerprint density at radius 3 is 2.34 bits per heavy atom. The zero-order chi connectivity index (χ0) is 23.5. The number of rotatable bonds is 8. The van der Waals surface area contributed by atoms with E-state index in [1.165, 1.54) is 0 Å². The number of benzene rings is 1. The molecule has 0 radical (unpaired) electrons. The van der Waals surface area contributed by atoms with E-state index in [-0.39, 0.29) is 33.3 Å². The summed E-state index contributed by atoms with van der Waals surface area (Å²) in [5.74, 6) is -0.0663. The lowest BCUT2D eigenvalue weighted by molar-refractivity contribution is 0.0923. The molecule has 1 aromatic heterocycles. The molecule has 174 valence electrons. The van der Waals surface area contributed by atoms with Crippen LogP contribution in [0.4, 0.5) is 15.6 Å². The highest BCUT2D eigenvalue weighted by atomic mass is 32.2. The monoisotopic (exact) mass is 500 g/mol. The third-order valence-electron chi connectivity index (χ3n) is 4.89. The molecule has 32 heavy (non-hydrogen) atoms. The second-order valence-corrected chi connectivity index (χ2v) is 12.6. The van der Waals surface area contributed by atoms with Crippen LogP contribution in [0, 0.1) is 5.92 Å². The van der Waals surface area contributed by atoms with Crippen LogP contribution in [-0.4, -0.2) is 46.1 Å². The molecule has 2 amide bonds. The number of nitrogens with one attached hydrogen (secondary N) is 3. The summed E-state index contributed by atoms with van der Waals surface area (Å²) in [6.07, 6.45) is 5.59. The van der Waals surface area contributed by atoms with Gasteiger partial charge in [-0.05, 0) is 25.0 Å².